The number of hydrogen-bond acceptors (Lipinski definition) is 8. The highest BCUT2D eigenvalue weighted by molar-refractivity contribution is 7.14. The molecule has 4 rings (SSSR count). The van der Waals surface area contributed by atoms with E-state index >= 15 is 0 Å². The van der Waals surface area contributed by atoms with Crippen LogP contribution in [0.25, 0.3) is 5.13 Å². The number of rotatable bonds is 5. The summed E-state index contributed by atoms with van der Waals surface area (Å²) in [6.45, 7) is 3.86. The molecule has 136 valence electrons. The summed E-state index contributed by atoms with van der Waals surface area (Å²) in [5.41, 5.74) is 0. The molecule has 1 amide bonds. The van der Waals surface area contributed by atoms with Gasteiger partial charge in [-0.1, -0.05) is 11.3 Å². The van der Waals surface area contributed by atoms with Crippen molar-refractivity contribution in [3.63, 3.8) is 0 Å². The van der Waals surface area contributed by atoms with Gasteiger partial charge in [0.25, 0.3) is 11.9 Å². The maximum Gasteiger partial charge on any atom is 0.298 e. The van der Waals surface area contributed by atoms with E-state index in [0.29, 0.717) is 12.6 Å². The van der Waals surface area contributed by atoms with Crippen LogP contribution in [0.4, 0.5) is 6.01 Å². The van der Waals surface area contributed by atoms with Gasteiger partial charge in [-0.15, -0.1) is 0 Å². The fourth-order valence-electron chi connectivity index (χ4n) is 2.72. The lowest BCUT2D eigenvalue weighted by Crippen LogP contribution is -2.43. The monoisotopic (exact) mass is 373 g/mol. The fraction of sp³-hybridized carbons (Fsp3) is 0.375. The van der Waals surface area contributed by atoms with Crippen LogP contribution in [0.3, 0.4) is 0 Å². The molecule has 3 aromatic rings. The van der Waals surface area contributed by atoms with Crippen LogP contribution in [-0.4, -0.2) is 63.8 Å². The maximum atomic E-state index is 12.6. The standard InChI is InChI=1S/C16H19N7O2S/c1-21(11-12-9-19-16(26-12)23-6-2-3-20-23)14(24)13-10-18-15(25-13)22-7-4-17-5-8-22/h2-3,6,9-10,17H,4-5,7-8,11H2,1H3. The van der Waals surface area contributed by atoms with Crippen LogP contribution in [0.5, 0.6) is 0 Å². The van der Waals surface area contributed by atoms with Crippen LogP contribution in [-0.2, 0) is 6.54 Å². The van der Waals surface area contributed by atoms with E-state index in [1.165, 1.54) is 17.5 Å². The van der Waals surface area contributed by atoms with Crippen LogP contribution in [0.1, 0.15) is 15.4 Å². The van der Waals surface area contributed by atoms with Crippen LogP contribution in [0, 0.1) is 0 Å². The Morgan fingerprint density at radius 3 is 2.96 bits per heavy atom. The minimum atomic E-state index is -0.201. The molecular weight excluding hydrogens is 354 g/mol. The number of hydrogen-bond donors (Lipinski definition) is 1. The van der Waals surface area contributed by atoms with Crippen LogP contribution in [0.15, 0.2) is 35.3 Å². The molecule has 4 heterocycles. The zero-order valence-electron chi connectivity index (χ0n) is 14.3. The van der Waals surface area contributed by atoms with Gasteiger partial charge in [0, 0.05) is 56.7 Å². The van der Waals surface area contributed by atoms with Gasteiger partial charge in [0.05, 0.1) is 12.7 Å². The lowest BCUT2D eigenvalue weighted by molar-refractivity contribution is 0.0755. The van der Waals surface area contributed by atoms with Crippen LogP contribution >= 0.6 is 11.3 Å². The minimum Gasteiger partial charge on any atom is -0.418 e. The van der Waals surface area contributed by atoms with Crippen LogP contribution in [0.2, 0.25) is 0 Å². The summed E-state index contributed by atoms with van der Waals surface area (Å²) in [5.74, 6) is 0.0470. The van der Waals surface area contributed by atoms with E-state index in [2.05, 4.69) is 20.4 Å². The summed E-state index contributed by atoms with van der Waals surface area (Å²) in [6.07, 6.45) is 6.80. The molecule has 0 spiro atoms. The highest BCUT2D eigenvalue weighted by Gasteiger charge is 2.21. The summed E-state index contributed by atoms with van der Waals surface area (Å²) < 4.78 is 7.38. The second kappa shape index (κ2) is 7.26. The molecule has 0 unspecified atom stereocenters. The summed E-state index contributed by atoms with van der Waals surface area (Å²) in [7, 11) is 1.74. The zero-order valence-corrected chi connectivity index (χ0v) is 15.1. The molecule has 3 aromatic heterocycles. The number of carbonyl (C=O) groups is 1. The van der Waals surface area contributed by atoms with Crippen molar-refractivity contribution in [1.29, 1.82) is 0 Å². The van der Waals surface area contributed by atoms with Crippen molar-refractivity contribution >= 4 is 23.3 Å². The molecular formula is C16H19N7O2S. The van der Waals surface area contributed by atoms with Gasteiger partial charge in [0.15, 0.2) is 0 Å². The molecule has 10 heteroatoms. The molecule has 0 radical (unpaired) electrons. The third kappa shape index (κ3) is 3.46. The highest BCUT2D eigenvalue weighted by atomic mass is 32.1. The number of aromatic nitrogens is 4. The first-order valence-corrected chi connectivity index (χ1v) is 9.14. The summed E-state index contributed by atoms with van der Waals surface area (Å²) in [6, 6.07) is 2.35. The Kier molecular flexibility index (Phi) is 4.67. The Balaban J connectivity index is 1.41. The summed E-state index contributed by atoms with van der Waals surface area (Å²) in [5, 5.41) is 8.20. The Labute approximate surface area is 154 Å². The van der Waals surface area contributed by atoms with E-state index in [9.17, 15) is 4.79 Å². The van der Waals surface area contributed by atoms with Crippen molar-refractivity contribution in [3.8, 4) is 5.13 Å². The number of carbonyl (C=O) groups excluding carboxylic acids is 1. The van der Waals surface area contributed by atoms with Crippen molar-refractivity contribution in [2.45, 2.75) is 6.54 Å². The predicted molar refractivity (Wildman–Crippen MR) is 96.6 cm³/mol. The van der Waals surface area contributed by atoms with Crippen molar-refractivity contribution in [1.82, 2.24) is 30.0 Å². The lowest BCUT2D eigenvalue weighted by atomic mass is 10.4. The number of oxazole rings is 1. The molecule has 0 aliphatic carbocycles. The number of nitrogens with zero attached hydrogens (tertiary/aromatic N) is 6. The first-order valence-electron chi connectivity index (χ1n) is 8.32. The molecule has 1 N–H and O–H groups in total. The number of amides is 1. The number of thiazole rings is 1. The molecule has 9 nitrogen and oxygen atoms in total. The van der Waals surface area contributed by atoms with Gasteiger partial charge in [-0.2, -0.15) is 5.10 Å². The van der Waals surface area contributed by atoms with E-state index in [0.717, 1.165) is 36.2 Å². The maximum absolute atomic E-state index is 12.6. The zero-order chi connectivity index (χ0) is 17.9. The molecule has 0 saturated carbocycles. The third-order valence-electron chi connectivity index (χ3n) is 4.07. The molecule has 1 saturated heterocycles. The van der Waals surface area contributed by atoms with Crippen LogP contribution < -0.4 is 10.2 Å². The van der Waals surface area contributed by atoms with Crippen molar-refractivity contribution < 1.29 is 9.21 Å². The lowest BCUT2D eigenvalue weighted by Gasteiger charge is -2.25. The van der Waals surface area contributed by atoms with Crippen molar-refractivity contribution in [2.24, 2.45) is 0 Å². The quantitative estimate of drug-likeness (QED) is 0.713. The van der Waals surface area contributed by atoms with E-state index in [1.54, 1.807) is 29.0 Å². The Bertz CT molecular complexity index is 867. The average Bonchev–Trinajstić information content (AvgIpc) is 3.42. The molecule has 1 fully saturated rings. The van der Waals surface area contributed by atoms with Gasteiger partial charge in [-0.25, -0.2) is 14.6 Å². The first kappa shape index (κ1) is 16.7. The third-order valence-corrected chi connectivity index (χ3v) is 5.04. The topological polar surface area (TPSA) is 92.3 Å². The highest BCUT2D eigenvalue weighted by Crippen LogP contribution is 2.20. The minimum absolute atomic E-state index is 0.201. The Morgan fingerprint density at radius 1 is 1.35 bits per heavy atom. The van der Waals surface area contributed by atoms with Crippen molar-refractivity contribution in [2.75, 3.05) is 38.1 Å². The van der Waals surface area contributed by atoms with Gasteiger partial charge in [-0.3, -0.25) is 4.79 Å². The van der Waals surface area contributed by atoms with Gasteiger partial charge < -0.3 is 19.5 Å². The predicted octanol–water partition coefficient (Wildman–Crippen LogP) is 0.999. The molecule has 0 bridgehead atoms. The Hall–Kier alpha value is -2.72. The van der Waals surface area contributed by atoms with Gasteiger partial charge in [0.1, 0.15) is 0 Å². The summed E-state index contributed by atoms with van der Waals surface area (Å²) in [4.78, 5) is 25.8. The summed E-state index contributed by atoms with van der Waals surface area (Å²) >= 11 is 1.49. The number of anilines is 1. The molecule has 1 aliphatic rings. The first-order chi connectivity index (χ1) is 12.7. The van der Waals surface area contributed by atoms with Gasteiger partial charge in [0.2, 0.25) is 10.9 Å². The normalized spacial score (nSPS) is 14.6. The number of piperazine rings is 1. The van der Waals surface area contributed by atoms with E-state index in [4.69, 9.17) is 4.42 Å². The second-order valence-electron chi connectivity index (χ2n) is 5.97. The Morgan fingerprint density at radius 2 is 2.19 bits per heavy atom. The van der Waals surface area contributed by atoms with E-state index in [-0.39, 0.29) is 11.7 Å². The second-order valence-corrected chi connectivity index (χ2v) is 7.06. The fourth-order valence-corrected chi connectivity index (χ4v) is 3.62. The van der Waals surface area contributed by atoms with E-state index in [1.807, 2.05) is 17.2 Å². The smallest absolute Gasteiger partial charge is 0.298 e. The largest absolute Gasteiger partial charge is 0.418 e. The van der Waals surface area contributed by atoms with Gasteiger partial charge in [-0.05, 0) is 6.07 Å². The number of nitrogens with one attached hydrogen (secondary N) is 1. The molecule has 26 heavy (non-hydrogen) atoms. The SMILES string of the molecule is CN(Cc1cnc(-n2cccn2)s1)C(=O)c1cnc(N2CCNCC2)o1. The molecule has 0 aromatic carbocycles. The van der Waals surface area contributed by atoms with Crippen molar-refractivity contribution in [3.05, 3.63) is 41.5 Å². The van der Waals surface area contributed by atoms with E-state index < -0.39 is 0 Å². The van der Waals surface area contributed by atoms with Gasteiger partial charge >= 0.3 is 0 Å². The average molecular weight is 373 g/mol. The molecule has 0 atom stereocenters. The molecule has 1 aliphatic heterocycles.